The lowest BCUT2D eigenvalue weighted by Gasteiger charge is -2.34. The van der Waals surface area contributed by atoms with Crippen LogP contribution in [0.25, 0.3) is 21.9 Å². The van der Waals surface area contributed by atoms with Crippen molar-refractivity contribution in [3.05, 3.63) is 84.6 Å². The molecule has 10 nitrogen and oxygen atoms in total. The van der Waals surface area contributed by atoms with Gasteiger partial charge in [-0.05, 0) is 68.3 Å². The molecule has 10 heteroatoms. The van der Waals surface area contributed by atoms with Gasteiger partial charge in [-0.1, -0.05) is 36.4 Å². The van der Waals surface area contributed by atoms with E-state index in [1.165, 1.54) is 4.90 Å². The van der Waals surface area contributed by atoms with Crippen molar-refractivity contribution >= 4 is 39.4 Å². The Morgan fingerprint density at radius 2 is 1.83 bits per heavy atom. The number of benzene rings is 3. The molecular formula is C31H30N6O4. The highest BCUT2D eigenvalue weighted by molar-refractivity contribution is 6.02. The van der Waals surface area contributed by atoms with Crippen LogP contribution in [0.1, 0.15) is 38.8 Å². The monoisotopic (exact) mass is 550 g/mol. The average molecular weight is 551 g/mol. The Hall–Kier alpha value is -4.99. The van der Waals surface area contributed by atoms with Crippen LogP contribution in [0.2, 0.25) is 0 Å². The summed E-state index contributed by atoms with van der Waals surface area (Å²) < 4.78 is 12.7. The van der Waals surface area contributed by atoms with Gasteiger partial charge >= 0.3 is 0 Å². The molecule has 0 fully saturated rings. The summed E-state index contributed by atoms with van der Waals surface area (Å²) in [6.07, 6.45) is 2.43. The maximum Gasteiger partial charge on any atom is 0.249 e. The van der Waals surface area contributed by atoms with Crippen LogP contribution in [0.4, 0.5) is 5.69 Å². The van der Waals surface area contributed by atoms with Crippen molar-refractivity contribution in [2.24, 2.45) is 0 Å². The standard InChI is InChI=1S/C31H30N6O4/c1-4-31(2,3)33-30(39)29(21-11-13-23-20(16-21)8-7-15-32-23)37(22-12-14-26-27(17-22)41-19-40-26)28(38)18-36-25-10-6-5-9-24(25)34-35-36/h5-17,29H,4,18-19H2,1-3H3,(H,33,39)/t29-/m1/s1. The highest BCUT2D eigenvalue weighted by Gasteiger charge is 2.36. The zero-order valence-electron chi connectivity index (χ0n) is 23.1. The van der Waals surface area contributed by atoms with Gasteiger partial charge in [0.25, 0.3) is 0 Å². The van der Waals surface area contributed by atoms with Crippen LogP contribution >= 0.6 is 0 Å². The van der Waals surface area contributed by atoms with Gasteiger partial charge in [0, 0.05) is 28.9 Å². The van der Waals surface area contributed by atoms with Crippen LogP contribution in [0.5, 0.6) is 11.5 Å². The third-order valence-corrected chi connectivity index (χ3v) is 7.40. The number of nitrogens with one attached hydrogen (secondary N) is 1. The number of amides is 2. The fourth-order valence-corrected chi connectivity index (χ4v) is 4.88. The quantitative estimate of drug-likeness (QED) is 0.296. The SMILES string of the molecule is CCC(C)(C)NC(=O)[C@@H](c1ccc2ncccc2c1)N(C(=O)Cn1nnc2ccccc21)c1ccc2c(c1)OCO2. The molecule has 2 amide bonds. The molecule has 1 atom stereocenters. The molecule has 2 aromatic heterocycles. The van der Waals surface area contributed by atoms with Crippen molar-refractivity contribution < 1.29 is 19.1 Å². The molecule has 0 saturated carbocycles. The Morgan fingerprint density at radius 3 is 2.68 bits per heavy atom. The summed E-state index contributed by atoms with van der Waals surface area (Å²) in [4.78, 5) is 34.5. The lowest BCUT2D eigenvalue weighted by atomic mass is 9.97. The van der Waals surface area contributed by atoms with E-state index < -0.39 is 11.6 Å². The maximum absolute atomic E-state index is 14.3. The maximum atomic E-state index is 14.3. The van der Waals surface area contributed by atoms with Crippen molar-refractivity contribution in [1.82, 2.24) is 25.3 Å². The molecule has 1 aliphatic heterocycles. The summed E-state index contributed by atoms with van der Waals surface area (Å²) in [6.45, 7) is 5.88. The van der Waals surface area contributed by atoms with Crippen molar-refractivity contribution in [3.63, 3.8) is 0 Å². The number of rotatable bonds is 8. The van der Waals surface area contributed by atoms with E-state index in [-0.39, 0.29) is 25.2 Å². The first-order chi connectivity index (χ1) is 19.8. The summed E-state index contributed by atoms with van der Waals surface area (Å²) in [5.41, 5.74) is 2.82. The number of pyridine rings is 1. The number of carbonyl (C=O) groups excluding carboxylic acids is 2. The normalized spacial score (nSPS) is 13.3. The van der Waals surface area contributed by atoms with Crippen molar-refractivity contribution in [2.75, 3.05) is 11.7 Å². The zero-order valence-corrected chi connectivity index (χ0v) is 23.1. The minimum absolute atomic E-state index is 0.0873. The predicted molar refractivity (Wildman–Crippen MR) is 155 cm³/mol. The van der Waals surface area contributed by atoms with Gasteiger partial charge in [0.2, 0.25) is 18.6 Å². The van der Waals surface area contributed by atoms with E-state index in [9.17, 15) is 9.59 Å². The molecule has 3 heterocycles. The van der Waals surface area contributed by atoms with Gasteiger partial charge in [0.15, 0.2) is 11.5 Å². The second-order valence-electron chi connectivity index (χ2n) is 10.6. The van der Waals surface area contributed by atoms with Crippen LogP contribution in [-0.4, -0.2) is 44.1 Å². The van der Waals surface area contributed by atoms with Crippen LogP contribution in [0.15, 0.2) is 79.0 Å². The van der Waals surface area contributed by atoms with E-state index in [1.54, 1.807) is 29.1 Å². The van der Waals surface area contributed by atoms with Gasteiger partial charge in [-0.3, -0.25) is 19.5 Å². The number of aromatic nitrogens is 4. The Kier molecular flexibility index (Phi) is 6.74. The van der Waals surface area contributed by atoms with E-state index in [0.717, 1.165) is 16.4 Å². The lowest BCUT2D eigenvalue weighted by molar-refractivity contribution is -0.128. The largest absolute Gasteiger partial charge is 0.454 e. The Balaban J connectivity index is 1.49. The fraction of sp³-hybridized carbons (Fsp3) is 0.258. The number of carbonyl (C=O) groups is 2. The van der Waals surface area contributed by atoms with Crippen molar-refractivity contribution in [2.45, 2.75) is 45.3 Å². The molecule has 0 saturated heterocycles. The lowest BCUT2D eigenvalue weighted by Crippen LogP contribution is -2.51. The molecule has 1 N–H and O–H groups in total. The van der Waals surface area contributed by atoms with E-state index in [0.29, 0.717) is 34.7 Å². The average Bonchev–Trinajstić information content (AvgIpc) is 3.62. The zero-order chi connectivity index (χ0) is 28.6. The number of nitrogens with zero attached hydrogens (tertiary/aromatic N) is 5. The summed E-state index contributed by atoms with van der Waals surface area (Å²) >= 11 is 0. The van der Waals surface area contributed by atoms with Crippen LogP contribution < -0.4 is 19.7 Å². The Morgan fingerprint density at radius 1 is 1.00 bits per heavy atom. The summed E-state index contributed by atoms with van der Waals surface area (Å²) in [7, 11) is 0. The number of ether oxygens (including phenoxy) is 2. The molecule has 6 rings (SSSR count). The minimum Gasteiger partial charge on any atom is -0.454 e. The van der Waals surface area contributed by atoms with Gasteiger partial charge in [-0.15, -0.1) is 5.10 Å². The molecule has 208 valence electrons. The highest BCUT2D eigenvalue weighted by atomic mass is 16.7. The first-order valence-corrected chi connectivity index (χ1v) is 13.5. The van der Waals surface area contributed by atoms with Gasteiger partial charge in [0.05, 0.1) is 11.0 Å². The van der Waals surface area contributed by atoms with Gasteiger partial charge in [-0.2, -0.15) is 0 Å². The molecule has 0 unspecified atom stereocenters. The fourth-order valence-electron chi connectivity index (χ4n) is 4.88. The van der Waals surface area contributed by atoms with E-state index >= 15 is 0 Å². The molecule has 0 bridgehead atoms. The Labute approximate surface area is 236 Å². The van der Waals surface area contributed by atoms with Gasteiger partial charge in [0.1, 0.15) is 18.1 Å². The molecule has 1 aliphatic rings. The molecule has 0 aliphatic carbocycles. The van der Waals surface area contributed by atoms with Gasteiger partial charge < -0.3 is 14.8 Å². The first-order valence-electron chi connectivity index (χ1n) is 13.5. The number of para-hydroxylation sites is 1. The summed E-state index contributed by atoms with van der Waals surface area (Å²) in [5.74, 6) is 0.422. The van der Waals surface area contributed by atoms with E-state index in [4.69, 9.17) is 9.47 Å². The highest BCUT2D eigenvalue weighted by Crippen LogP contribution is 2.39. The van der Waals surface area contributed by atoms with E-state index in [2.05, 4.69) is 20.6 Å². The van der Waals surface area contributed by atoms with Crippen LogP contribution in [-0.2, 0) is 16.1 Å². The predicted octanol–water partition coefficient (Wildman–Crippen LogP) is 4.79. The first kappa shape index (κ1) is 26.2. The van der Waals surface area contributed by atoms with Gasteiger partial charge in [-0.25, -0.2) is 4.68 Å². The summed E-state index contributed by atoms with van der Waals surface area (Å²) in [6, 6.07) is 21.1. The van der Waals surface area contributed by atoms with Crippen molar-refractivity contribution in [3.8, 4) is 11.5 Å². The topological polar surface area (TPSA) is 111 Å². The molecule has 5 aromatic rings. The molecule has 0 spiro atoms. The summed E-state index contributed by atoms with van der Waals surface area (Å²) in [5, 5.41) is 12.4. The van der Waals surface area contributed by atoms with Crippen LogP contribution in [0.3, 0.4) is 0 Å². The molecular weight excluding hydrogens is 520 g/mol. The second kappa shape index (κ2) is 10.5. The van der Waals surface area contributed by atoms with Crippen LogP contribution in [0, 0.1) is 0 Å². The number of anilines is 1. The third kappa shape index (κ3) is 5.16. The molecule has 3 aromatic carbocycles. The molecule has 0 radical (unpaired) electrons. The number of hydrogen-bond donors (Lipinski definition) is 1. The Bertz CT molecular complexity index is 1760. The number of fused-ring (bicyclic) bond motifs is 3. The van der Waals surface area contributed by atoms with Crippen molar-refractivity contribution in [1.29, 1.82) is 0 Å². The molecule has 41 heavy (non-hydrogen) atoms. The number of hydrogen-bond acceptors (Lipinski definition) is 7. The minimum atomic E-state index is -1.01. The third-order valence-electron chi connectivity index (χ3n) is 7.40. The smallest absolute Gasteiger partial charge is 0.249 e. The van der Waals surface area contributed by atoms with E-state index in [1.807, 2.05) is 75.4 Å². The second-order valence-corrected chi connectivity index (χ2v) is 10.6.